The van der Waals surface area contributed by atoms with E-state index in [9.17, 15) is 4.79 Å². The first kappa shape index (κ1) is 16.5. The SMILES string of the molecule is COCCOc1ccc(C(=O)/C=C/c2ccccc2Br)cc1. The van der Waals surface area contributed by atoms with Crippen LogP contribution in [0.3, 0.4) is 0 Å². The average molecular weight is 361 g/mol. The largest absolute Gasteiger partial charge is 0.491 e. The Morgan fingerprint density at radius 1 is 1.09 bits per heavy atom. The first-order valence-corrected chi connectivity index (χ1v) is 7.69. The van der Waals surface area contributed by atoms with E-state index >= 15 is 0 Å². The number of carbonyl (C=O) groups excluding carboxylic acids is 1. The van der Waals surface area contributed by atoms with Crippen molar-refractivity contribution in [3.63, 3.8) is 0 Å². The molecule has 0 heterocycles. The minimum absolute atomic E-state index is 0.0424. The average Bonchev–Trinajstić information content (AvgIpc) is 2.55. The van der Waals surface area contributed by atoms with Crippen LogP contribution in [-0.2, 0) is 4.74 Å². The van der Waals surface area contributed by atoms with Crippen LogP contribution in [0, 0.1) is 0 Å². The highest BCUT2D eigenvalue weighted by Gasteiger charge is 2.03. The summed E-state index contributed by atoms with van der Waals surface area (Å²) in [4.78, 5) is 12.1. The molecule has 4 heteroatoms. The van der Waals surface area contributed by atoms with Crippen LogP contribution in [0.2, 0.25) is 0 Å². The highest BCUT2D eigenvalue weighted by atomic mass is 79.9. The van der Waals surface area contributed by atoms with Gasteiger partial charge in [0, 0.05) is 17.1 Å². The fraction of sp³-hybridized carbons (Fsp3) is 0.167. The lowest BCUT2D eigenvalue weighted by molar-refractivity contribution is 0.104. The van der Waals surface area contributed by atoms with E-state index in [1.54, 1.807) is 43.5 Å². The molecule has 0 radical (unpaired) electrons. The van der Waals surface area contributed by atoms with Gasteiger partial charge in [-0.2, -0.15) is 0 Å². The molecule has 0 unspecified atom stereocenters. The third kappa shape index (κ3) is 4.83. The van der Waals surface area contributed by atoms with Gasteiger partial charge in [0.1, 0.15) is 12.4 Å². The maximum Gasteiger partial charge on any atom is 0.185 e. The minimum Gasteiger partial charge on any atom is -0.491 e. The Hall–Kier alpha value is -1.91. The summed E-state index contributed by atoms with van der Waals surface area (Å²) in [5, 5.41) is 0. The van der Waals surface area contributed by atoms with Crippen molar-refractivity contribution in [3.8, 4) is 5.75 Å². The van der Waals surface area contributed by atoms with Crippen molar-refractivity contribution in [2.75, 3.05) is 20.3 Å². The molecule has 22 heavy (non-hydrogen) atoms. The molecule has 0 amide bonds. The van der Waals surface area contributed by atoms with Crippen molar-refractivity contribution in [2.45, 2.75) is 0 Å². The second-order valence-corrected chi connectivity index (χ2v) is 5.44. The Morgan fingerprint density at radius 3 is 2.50 bits per heavy atom. The van der Waals surface area contributed by atoms with E-state index in [4.69, 9.17) is 9.47 Å². The summed E-state index contributed by atoms with van der Waals surface area (Å²) in [6.07, 6.45) is 3.37. The van der Waals surface area contributed by atoms with E-state index in [0.29, 0.717) is 18.8 Å². The van der Waals surface area contributed by atoms with E-state index in [-0.39, 0.29) is 5.78 Å². The molecule has 3 nitrogen and oxygen atoms in total. The molecule has 0 bridgehead atoms. The molecule has 0 aliphatic heterocycles. The number of methoxy groups -OCH3 is 1. The van der Waals surface area contributed by atoms with E-state index in [1.165, 1.54) is 0 Å². The van der Waals surface area contributed by atoms with Crippen LogP contribution in [0.4, 0.5) is 0 Å². The lowest BCUT2D eigenvalue weighted by atomic mass is 10.1. The number of rotatable bonds is 7. The van der Waals surface area contributed by atoms with Crippen molar-refractivity contribution in [2.24, 2.45) is 0 Å². The molecule has 0 aliphatic rings. The number of hydrogen-bond acceptors (Lipinski definition) is 3. The molecule has 0 aromatic heterocycles. The van der Waals surface area contributed by atoms with Crippen LogP contribution in [0.5, 0.6) is 5.75 Å². The van der Waals surface area contributed by atoms with Crippen molar-refractivity contribution < 1.29 is 14.3 Å². The molecule has 0 N–H and O–H groups in total. The topological polar surface area (TPSA) is 35.5 Å². The first-order chi connectivity index (χ1) is 10.7. The van der Waals surface area contributed by atoms with Crippen LogP contribution in [0.1, 0.15) is 15.9 Å². The Labute approximate surface area is 138 Å². The Bertz CT molecular complexity index is 648. The number of hydrogen-bond donors (Lipinski definition) is 0. The van der Waals surface area contributed by atoms with Crippen molar-refractivity contribution in [1.82, 2.24) is 0 Å². The molecular weight excluding hydrogens is 344 g/mol. The zero-order chi connectivity index (χ0) is 15.8. The number of halogens is 1. The van der Waals surface area contributed by atoms with Gasteiger partial charge in [-0.25, -0.2) is 0 Å². The van der Waals surface area contributed by atoms with Crippen LogP contribution in [0.25, 0.3) is 6.08 Å². The Morgan fingerprint density at radius 2 is 1.82 bits per heavy atom. The standard InChI is InChI=1S/C18H17BrO3/c1-21-12-13-22-16-9-6-15(7-10-16)18(20)11-8-14-4-2-3-5-17(14)19/h2-11H,12-13H2,1H3/b11-8+. The lowest BCUT2D eigenvalue weighted by Gasteiger charge is -2.05. The Balaban J connectivity index is 1.99. The highest BCUT2D eigenvalue weighted by Crippen LogP contribution is 2.18. The highest BCUT2D eigenvalue weighted by molar-refractivity contribution is 9.10. The summed E-state index contributed by atoms with van der Waals surface area (Å²) in [6, 6.07) is 14.8. The molecule has 0 saturated carbocycles. The summed E-state index contributed by atoms with van der Waals surface area (Å²) in [5.41, 5.74) is 1.60. The molecule has 114 valence electrons. The van der Waals surface area contributed by atoms with Gasteiger partial charge in [-0.1, -0.05) is 34.1 Å². The summed E-state index contributed by atoms with van der Waals surface area (Å²) in [7, 11) is 1.63. The zero-order valence-corrected chi connectivity index (χ0v) is 13.9. The molecule has 0 saturated heterocycles. The number of allylic oxidation sites excluding steroid dienone is 1. The van der Waals surface area contributed by atoms with Gasteiger partial charge in [0.2, 0.25) is 0 Å². The lowest BCUT2D eigenvalue weighted by Crippen LogP contribution is -2.04. The van der Waals surface area contributed by atoms with E-state index in [0.717, 1.165) is 15.8 Å². The van der Waals surface area contributed by atoms with E-state index < -0.39 is 0 Å². The van der Waals surface area contributed by atoms with Crippen LogP contribution in [-0.4, -0.2) is 26.1 Å². The second-order valence-electron chi connectivity index (χ2n) is 4.58. The predicted octanol–water partition coefficient (Wildman–Crippen LogP) is 4.37. The third-order valence-corrected chi connectivity index (χ3v) is 3.74. The second kappa shape index (κ2) is 8.51. The number of benzene rings is 2. The zero-order valence-electron chi connectivity index (χ0n) is 12.3. The molecule has 0 aliphatic carbocycles. The van der Waals surface area contributed by atoms with Crippen LogP contribution >= 0.6 is 15.9 Å². The normalized spacial score (nSPS) is 10.8. The third-order valence-electron chi connectivity index (χ3n) is 3.01. The maximum absolute atomic E-state index is 12.1. The first-order valence-electron chi connectivity index (χ1n) is 6.89. The van der Waals surface area contributed by atoms with Gasteiger partial charge in [0.15, 0.2) is 5.78 Å². The molecule has 2 rings (SSSR count). The maximum atomic E-state index is 12.1. The van der Waals surface area contributed by atoms with Crippen LogP contribution in [0.15, 0.2) is 59.1 Å². The van der Waals surface area contributed by atoms with Crippen molar-refractivity contribution in [1.29, 1.82) is 0 Å². The van der Waals surface area contributed by atoms with E-state index in [2.05, 4.69) is 15.9 Å². The van der Waals surface area contributed by atoms with Crippen molar-refractivity contribution >= 4 is 27.8 Å². The van der Waals surface area contributed by atoms with Gasteiger partial charge in [-0.15, -0.1) is 0 Å². The minimum atomic E-state index is -0.0424. The van der Waals surface area contributed by atoms with Gasteiger partial charge in [0.05, 0.1) is 6.61 Å². The van der Waals surface area contributed by atoms with Crippen molar-refractivity contribution in [3.05, 3.63) is 70.2 Å². The van der Waals surface area contributed by atoms with Gasteiger partial charge < -0.3 is 9.47 Å². The van der Waals surface area contributed by atoms with E-state index in [1.807, 2.05) is 24.3 Å². The number of ketones is 1. The number of ether oxygens (including phenoxy) is 2. The quantitative estimate of drug-likeness (QED) is 0.417. The molecule has 0 fully saturated rings. The summed E-state index contributed by atoms with van der Waals surface area (Å²) in [5.74, 6) is 0.683. The van der Waals surface area contributed by atoms with Gasteiger partial charge in [-0.05, 0) is 48.0 Å². The van der Waals surface area contributed by atoms with Gasteiger partial charge in [0.25, 0.3) is 0 Å². The monoisotopic (exact) mass is 360 g/mol. The summed E-state index contributed by atoms with van der Waals surface area (Å²) >= 11 is 3.45. The Kier molecular flexibility index (Phi) is 6.37. The van der Waals surface area contributed by atoms with Crippen LogP contribution < -0.4 is 4.74 Å². The molecule has 2 aromatic rings. The molecular formula is C18H17BrO3. The fourth-order valence-corrected chi connectivity index (χ4v) is 2.25. The fourth-order valence-electron chi connectivity index (χ4n) is 1.83. The smallest absolute Gasteiger partial charge is 0.185 e. The molecule has 0 atom stereocenters. The summed E-state index contributed by atoms with van der Waals surface area (Å²) < 4.78 is 11.3. The number of carbonyl (C=O) groups is 1. The van der Waals surface area contributed by atoms with Gasteiger partial charge in [-0.3, -0.25) is 4.79 Å². The van der Waals surface area contributed by atoms with Gasteiger partial charge >= 0.3 is 0 Å². The predicted molar refractivity (Wildman–Crippen MR) is 91.3 cm³/mol. The molecule has 0 spiro atoms. The molecule has 2 aromatic carbocycles. The summed E-state index contributed by atoms with van der Waals surface area (Å²) in [6.45, 7) is 1.03.